The van der Waals surface area contributed by atoms with Crippen LogP contribution in [0.1, 0.15) is 13.8 Å². The van der Waals surface area contributed by atoms with Gasteiger partial charge in [0.1, 0.15) is 6.10 Å². The number of aliphatic hydroxyl groups excluding tert-OH is 1. The van der Waals surface area contributed by atoms with E-state index >= 15 is 0 Å². The smallest absolute Gasteiger partial charge is 0.188 e. The molecule has 1 N–H and O–H groups in total. The summed E-state index contributed by atoms with van der Waals surface area (Å²) in [5, 5.41) is 12.6. The molecular weight excluding hydrogens is 202 g/mol. The predicted octanol–water partition coefficient (Wildman–Crippen LogP) is 0.534. The number of azide groups is 1. The summed E-state index contributed by atoms with van der Waals surface area (Å²) < 4.78 is 16.4. The number of aliphatic hydroxyl groups is 1. The SMILES string of the molecule is CC1(C)O[C@H]2O[C@@H](CO)[C@@H](N=[N+]=[N-])[C@H]2O1. The molecule has 2 saturated heterocycles. The molecule has 4 atom stereocenters. The predicted molar refractivity (Wildman–Crippen MR) is 48.7 cm³/mol. The van der Waals surface area contributed by atoms with Crippen molar-refractivity contribution in [1.29, 1.82) is 0 Å². The van der Waals surface area contributed by atoms with Crippen molar-refractivity contribution in [2.24, 2.45) is 5.11 Å². The molecule has 0 bridgehead atoms. The molecule has 0 aliphatic carbocycles. The summed E-state index contributed by atoms with van der Waals surface area (Å²) in [5.74, 6) is -0.737. The lowest BCUT2D eigenvalue weighted by molar-refractivity contribution is -0.209. The third-order valence-electron chi connectivity index (χ3n) is 2.48. The Kier molecular flexibility index (Phi) is 2.57. The van der Waals surface area contributed by atoms with Crippen LogP contribution in [0.5, 0.6) is 0 Å². The van der Waals surface area contributed by atoms with Crippen molar-refractivity contribution in [1.82, 2.24) is 0 Å². The Hall–Kier alpha value is -0.850. The number of hydrogen-bond donors (Lipinski definition) is 1. The largest absolute Gasteiger partial charge is 0.394 e. The van der Waals surface area contributed by atoms with E-state index in [9.17, 15) is 0 Å². The van der Waals surface area contributed by atoms with Gasteiger partial charge in [0.05, 0.1) is 18.8 Å². The highest BCUT2D eigenvalue weighted by Crippen LogP contribution is 2.38. The van der Waals surface area contributed by atoms with Crippen LogP contribution in [0, 0.1) is 0 Å². The lowest BCUT2D eigenvalue weighted by atomic mass is 10.1. The molecule has 0 radical (unpaired) electrons. The van der Waals surface area contributed by atoms with Crippen molar-refractivity contribution >= 4 is 0 Å². The standard InChI is InChI=1S/C8H13N3O4/c1-8(2)14-6-5(10-11-9)4(3-12)13-7(6)15-8/h4-7,12H,3H2,1-2H3/t4-,5+,6+,7+/m0/s1. The van der Waals surface area contributed by atoms with Gasteiger partial charge in [0.25, 0.3) is 0 Å². The van der Waals surface area contributed by atoms with Crippen molar-refractivity contribution < 1.29 is 19.3 Å². The highest BCUT2D eigenvalue weighted by Gasteiger charge is 2.54. The summed E-state index contributed by atoms with van der Waals surface area (Å²) in [4.78, 5) is 2.72. The molecule has 7 nitrogen and oxygen atoms in total. The number of fused-ring (bicyclic) bond motifs is 1. The van der Waals surface area contributed by atoms with E-state index in [2.05, 4.69) is 10.0 Å². The van der Waals surface area contributed by atoms with E-state index in [1.54, 1.807) is 13.8 Å². The third kappa shape index (κ3) is 1.80. The minimum absolute atomic E-state index is 0.218. The fourth-order valence-electron chi connectivity index (χ4n) is 1.91. The normalized spacial score (nSPS) is 42.3. The minimum Gasteiger partial charge on any atom is -0.394 e. The Morgan fingerprint density at radius 3 is 2.80 bits per heavy atom. The quantitative estimate of drug-likeness (QED) is 0.413. The van der Waals surface area contributed by atoms with E-state index in [4.69, 9.17) is 24.8 Å². The monoisotopic (exact) mass is 215 g/mol. The highest BCUT2D eigenvalue weighted by molar-refractivity contribution is 4.97. The minimum atomic E-state index is -0.737. The van der Waals surface area contributed by atoms with Gasteiger partial charge in [0.2, 0.25) is 0 Å². The summed E-state index contributed by atoms with van der Waals surface area (Å²) in [6.45, 7) is 3.30. The summed E-state index contributed by atoms with van der Waals surface area (Å²) in [7, 11) is 0. The number of ether oxygens (including phenoxy) is 3. The Labute approximate surface area is 86.6 Å². The van der Waals surface area contributed by atoms with Crippen molar-refractivity contribution in [2.45, 2.75) is 44.2 Å². The molecule has 0 aromatic heterocycles. The maximum Gasteiger partial charge on any atom is 0.188 e. The van der Waals surface area contributed by atoms with E-state index < -0.39 is 30.3 Å². The van der Waals surface area contributed by atoms with Crippen LogP contribution in [0.25, 0.3) is 10.4 Å². The molecule has 84 valence electrons. The third-order valence-corrected chi connectivity index (χ3v) is 2.48. The number of hydrogen-bond acceptors (Lipinski definition) is 5. The van der Waals surface area contributed by atoms with E-state index in [0.717, 1.165) is 0 Å². The second-order valence-corrected chi connectivity index (χ2v) is 4.02. The van der Waals surface area contributed by atoms with Crippen molar-refractivity contribution in [3.05, 3.63) is 10.4 Å². The van der Waals surface area contributed by atoms with Gasteiger partial charge in [-0.25, -0.2) is 0 Å². The van der Waals surface area contributed by atoms with Crippen LogP contribution in [0.2, 0.25) is 0 Å². The molecule has 15 heavy (non-hydrogen) atoms. The van der Waals surface area contributed by atoms with Crippen LogP contribution in [-0.2, 0) is 14.2 Å². The van der Waals surface area contributed by atoms with Gasteiger partial charge in [-0.3, -0.25) is 0 Å². The van der Waals surface area contributed by atoms with Gasteiger partial charge in [-0.1, -0.05) is 5.11 Å². The van der Waals surface area contributed by atoms with Crippen LogP contribution >= 0.6 is 0 Å². The topological polar surface area (TPSA) is 96.7 Å². The first-order chi connectivity index (χ1) is 7.07. The lowest BCUT2D eigenvalue weighted by Gasteiger charge is -2.22. The van der Waals surface area contributed by atoms with Crippen LogP contribution < -0.4 is 0 Å². The fourth-order valence-corrected chi connectivity index (χ4v) is 1.91. The zero-order valence-corrected chi connectivity index (χ0v) is 8.53. The van der Waals surface area contributed by atoms with Crippen LogP contribution in [0.15, 0.2) is 5.11 Å². The van der Waals surface area contributed by atoms with Gasteiger partial charge in [-0.2, -0.15) is 0 Å². The molecule has 2 aliphatic rings. The highest BCUT2D eigenvalue weighted by atomic mass is 16.8. The molecule has 0 aromatic rings. The van der Waals surface area contributed by atoms with E-state index in [1.165, 1.54) is 0 Å². The first-order valence-corrected chi connectivity index (χ1v) is 4.73. The van der Waals surface area contributed by atoms with E-state index in [-0.39, 0.29) is 6.61 Å². The Bertz CT molecular complexity index is 302. The molecule has 2 fully saturated rings. The maximum atomic E-state index is 9.03. The van der Waals surface area contributed by atoms with Crippen LogP contribution in [-0.4, -0.2) is 42.0 Å². The van der Waals surface area contributed by atoms with Crippen molar-refractivity contribution in [3.63, 3.8) is 0 Å². The van der Waals surface area contributed by atoms with Gasteiger partial charge < -0.3 is 19.3 Å². The lowest BCUT2D eigenvalue weighted by Crippen LogP contribution is -2.34. The average molecular weight is 215 g/mol. The van der Waals surface area contributed by atoms with Crippen LogP contribution in [0.4, 0.5) is 0 Å². The van der Waals surface area contributed by atoms with Gasteiger partial charge >= 0.3 is 0 Å². The van der Waals surface area contributed by atoms with E-state index in [1.807, 2.05) is 0 Å². The average Bonchev–Trinajstić information content (AvgIpc) is 2.60. The molecule has 2 heterocycles. The molecule has 7 heteroatoms. The zero-order valence-electron chi connectivity index (χ0n) is 8.53. The molecule has 0 spiro atoms. The molecule has 0 aromatic carbocycles. The number of rotatable bonds is 2. The number of nitrogens with zero attached hydrogens (tertiary/aromatic N) is 3. The summed E-state index contributed by atoms with van der Waals surface area (Å²) >= 11 is 0. The van der Waals surface area contributed by atoms with Crippen molar-refractivity contribution in [3.8, 4) is 0 Å². The Balaban J connectivity index is 2.17. The van der Waals surface area contributed by atoms with Gasteiger partial charge in [0.15, 0.2) is 12.1 Å². The van der Waals surface area contributed by atoms with Gasteiger partial charge in [0, 0.05) is 4.91 Å². The summed E-state index contributed by atoms with van der Waals surface area (Å²) in [6.07, 6.45) is -1.55. The molecular formula is C8H13N3O4. The van der Waals surface area contributed by atoms with Crippen molar-refractivity contribution in [2.75, 3.05) is 6.61 Å². The first kappa shape index (κ1) is 10.7. The van der Waals surface area contributed by atoms with E-state index in [0.29, 0.717) is 0 Å². The summed E-state index contributed by atoms with van der Waals surface area (Å²) in [6, 6.07) is -0.535. The molecule has 2 rings (SSSR count). The second-order valence-electron chi connectivity index (χ2n) is 4.02. The molecule has 0 amide bonds. The van der Waals surface area contributed by atoms with Gasteiger partial charge in [-0.15, -0.1) is 0 Å². The maximum absolute atomic E-state index is 9.03. The van der Waals surface area contributed by atoms with Crippen LogP contribution in [0.3, 0.4) is 0 Å². The molecule has 2 aliphatic heterocycles. The Morgan fingerprint density at radius 1 is 1.47 bits per heavy atom. The zero-order chi connectivity index (χ0) is 11.1. The second kappa shape index (κ2) is 3.62. The fraction of sp³-hybridized carbons (Fsp3) is 1.00. The Morgan fingerprint density at radius 2 is 2.20 bits per heavy atom. The first-order valence-electron chi connectivity index (χ1n) is 4.73. The molecule has 0 unspecified atom stereocenters. The van der Waals surface area contributed by atoms with Gasteiger partial charge in [-0.05, 0) is 19.4 Å². The summed E-state index contributed by atoms with van der Waals surface area (Å²) in [5.41, 5.74) is 8.41. The molecule has 0 saturated carbocycles.